The Hall–Kier alpha value is -2.71. The zero-order chi connectivity index (χ0) is 19.6. The van der Waals surface area contributed by atoms with Crippen LogP contribution in [-0.2, 0) is 25.6 Å². The lowest BCUT2D eigenvalue weighted by atomic mass is 9.96. The Morgan fingerprint density at radius 1 is 1.41 bits per heavy atom. The number of nitrogens with two attached hydrogens (primary N) is 1. The first-order valence-electron chi connectivity index (χ1n) is 9.26. The molecule has 9 nitrogen and oxygen atoms in total. The fourth-order valence-electron chi connectivity index (χ4n) is 4.00. The minimum Gasteiger partial charge on any atom is -0.368 e. The highest BCUT2D eigenvalue weighted by Crippen LogP contribution is 2.29. The van der Waals surface area contributed by atoms with E-state index in [4.69, 9.17) is 5.73 Å². The molecule has 1 aromatic rings. The number of ketones is 1. The minimum absolute atomic E-state index is 0.0520. The number of amides is 3. The molecule has 0 bridgehead atoms. The molecule has 9 heteroatoms. The highest BCUT2D eigenvalue weighted by molar-refractivity contribution is 5.95. The lowest BCUT2D eigenvalue weighted by Gasteiger charge is -2.28. The predicted octanol–water partition coefficient (Wildman–Crippen LogP) is -0.471. The van der Waals surface area contributed by atoms with Gasteiger partial charge in [-0.25, -0.2) is 4.98 Å². The number of aromatic nitrogens is 2. The summed E-state index contributed by atoms with van der Waals surface area (Å²) < 4.78 is 0. The number of primary amides is 1. The van der Waals surface area contributed by atoms with Gasteiger partial charge in [-0.2, -0.15) is 0 Å². The van der Waals surface area contributed by atoms with Crippen LogP contribution in [0.25, 0.3) is 0 Å². The normalized spacial score (nSPS) is 26.2. The van der Waals surface area contributed by atoms with E-state index in [1.165, 1.54) is 11.2 Å². The molecular formula is C18H25N5O4. The van der Waals surface area contributed by atoms with E-state index >= 15 is 0 Å². The average Bonchev–Trinajstić information content (AvgIpc) is 3.34. The molecule has 2 aliphatic rings. The van der Waals surface area contributed by atoms with Crippen molar-refractivity contribution in [3.63, 3.8) is 0 Å². The number of nitrogens with zero attached hydrogens (tertiary/aromatic N) is 2. The third-order valence-corrected chi connectivity index (χ3v) is 5.47. The standard InChI is InChI=1S/C18H25N5O4/c1-10-5-12(24)7-13(10)17(26)22-14(6-11-8-20-9-21-11)18(27)23-4-2-3-15(23)16(19)25/h8-10,13-15H,2-7H2,1H3,(H2,19,25)(H,20,21)(H,22,26)/t10-,13+,14-,15-/m0/s1. The fraction of sp³-hybridized carbons (Fsp3) is 0.611. The highest BCUT2D eigenvalue weighted by Gasteiger charge is 2.40. The molecule has 0 aromatic carbocycles. The smallest absolute Gasteiger partial charge is 0.246 e. The molecule has 4 atom stereocenters. The van der Waals surface area contributed by atoms with Crippen LogP contribution < -0.4 is 11.1 Å². The third kappa shape index (κ3) is 4.17. The Kier molecular flexibility index (Phi) is 5.57. The Bertz CT molecular complexity index is 732. The second-order valence-corrected chi connectivity index (χ2v) is 7.45. The van der Waals surface area contributed by atoms with Crippen molar-refractivity contribution in [2.45, 2.75) is 51.1 Å². The number of hydrogen-bond acceptors (Lipinski definition) is 5. The van der Waals surface area contributed by atoms with E-state index in [1.54, 1.807) is 6.20 Å². The van der Waals surface area contributed by atoms with E-state index in [-0.39, 0.29) is 36.4 Å². The molecule has 0 spiro atoms. The number of likely N-dealkylation sites (tertiary alicyclic amines) is 1. The Morgan fingerprint density at radius 2 is 2.19 bits per heavy atom. The first kappa shape index (κ1) is 19.1. The van der Waals surface area contributed by atoms with E-state index in [1.807, 2.05) is 6.92 Å². The molecule has 146 valence electrons. The van der Waals surface area contributed by atoms with E-state index in [2.05, 4.69) is 15.3 Å². The number of Topliss-reactive ketones (excluding diaryl/α,β-unsaturated/α-hetero) is 1. The predicted molar refractivity (Wildman–Crippen MR) is 95.0 cm³/mol. The van der Waals surface area contributed by atoms with Gasteiger partial charge in [-0.3, -0.25) is 19.2 Å². The first-order valence-corrected chi connectivity index (χ1v) is 9.26. The number of aromatic amines is 1. The number of H-pyrrole nitrogens is 1. The second-order valence-electron chi connectivity index (χ2n) is 7.45. The van der Waals surface area contributed by atoms with Crippen molar-refractivity contribution in [3.8, 4) is 0 Å². The largest absolute Gasteiger partial charge is 0.368 e. The van der Waals surface area contributed by atoms with Crippen molar-refractivity contribution < 1.29 is 19.2 Å². The quantitative estimate of drug-likeness (QED) is 0.617. The summed E-state index contributed by atoms with van der Waals surface area (Å²) in [6.45, 7) is 2.29. The zero-order valence-corrected chi connectivity index (χ0v) is 15.3. The molecule has 27 heavy (non-hydrogen) atoms. The minimum atomic E-state index is -0.858. The van der Waals surface area contributed by atoms with Gasteiger partial charge < -0.3 is 20.9 Å². The summed E-state index contributed by atoms with van der Waals surface area (Å²) in [5, 5.41) is 2.80. The third-order valence-electron chi connectivity index (χ3n) is 5.47. The molecular weight excluding hydrogens is 350 g/mol. The molecule has 1 saturated heterocycles. The van der Waals surface area contributed by atoms with Gasteiger partial charge in [0.2, 0.25) is 17.7 Å². The molecule has 0 radical (unpaired) electrons. The van der Waals surface area contributed by atoms with Crippen molar-refractivity contribution in [2.24, 2.45) is 17.6 Å². The van der Waals surface area contributed by atoms with Gasteiger partial charge in [0.25, 0.3) is 0 Å². The number of carbonyl (C=O) groups excluding carboxylic acids is 4. The molecule has 1 aromatic heterocycles. The maximum atomic E-state index is 13.1. The summed E-state index contributed by atoms with van der Waals surface area (Å²) in [6.07, 6.45) is 5.15. The van der Waals surface area contributed by atoms with Crippen molar-refractivity contribution in [2.75, 3.05) is 6.54 Å². The van der Waals surface area contributed by atoms with Gasteiger partial charge in [0.05, 0.1) is 12.0 Å². The number of carbonyl (C=O) groups is 4. The van der Waals surface area contributed by atoms with E-state index in [0.717, 1.165) is 0 Å². The van der Waals surface area contributed by atoms with Gasteiger partial charge in [0, 0.05) is 37.9 Å². The van der Waals surface area contributed by atoms with Crippen LogP contribution in [0.1, 0.15) is 38.3 Å². The maximum Gasteiger partial charge on any atom is 0.246 e. The summed E-state index contributed by atoms with van der Waals surface area (Å²) in [5.41, 5.74) is 6.05. The molecule has 0 unspecified atom stereocenters. The number of imidazole rings is 1. The fourth-order valence-corrected chi connectivity index (χ4v) is 4.00. The monoisotopic (exact) mass is 375 g/mol. The topological polar surface area (TPSA) is 138 Å². The number of hydrogen-bond donors (Lipinski definition) is 3. The SMILES string of the molecule is C[C@H]1CC(=O)C[C@H]1C(=O)N[C@@H](Cc1c[nH]cn1)C(=O)N1CCC[C@H]1C(N)=O. The number of nitrogens with one attached hydrogen (secondary N) is 2. The zero-order valence-electron chi connectivity index (χ0n) is 15.3. The molecule has 4 N–H and O–H groups in total. The van der Waals surface area contributed by atoms with E-state index in [0.29, 0.717) is 31.5 Å². The summed E-state index contributed by atoms with van der Waals surface area (Å²) >= 11 is 0. The van der Waals surface area contributed by atoms with Crippen molar-refractivity contribution in [1.29, 1.82) is 0 Å². The van der Waals surface area contributed by atoms with Crippen molar-refractivity contribution in [3.05, 3.63) is 18.2 Å². The van der Waals surface area contributed by atoms with E-state index < -0.39 is 23.9 Å². The van der Waals surface area contributed by atoms with Gasteiger partial charge in [0.15, 0.2) is 0 Å². The molecule has 1 saturated carbocycles. The summed E-state index contributed by atoms with van der Waals surface area (Å²) in [6, 6.07) is -1.51. The van der Waals surface area contributed by atoms with Crippen LogP contribution >= 0.6 is 0 Å². The van der Waals surface area contributed by atoms with Crippen LogP contribution in [0.15, 0.2) is 12.5 Å². The lowest BCUT2D eigenvalue weighted by Crippen LogP contribution is -2.54. The molecule has 3 amide bonds. The van der Waals surface area contributed by atoms with Gasteiger partial charge in [0.1, 0.15) is 17.9 Å². The second kappa shape index (κ2) is 7.89. The molecule has 2 heterocycles. The number of rotatable bonds is 6. The van der Waals surface area contributed by atoms with Gasteiger partial charge >= 0.3 is 0 Å². The van der Waals surface area contributed by atoms with Crippen LogP contribution in [0, 0.1) is 11.8 Å². The highest BCUT2D eigenvalue weighted by atomic mass is 16.2. The maximum absolute atomic E-state index is 13.1. The molecule has 1 aliphatic heterocycles. The Balaban J connectivity index is 1.76. The molecule has 3 rings (SSSR count). The van der Waals surface area contributed by atoms with Crippen LogP contribution in [0.5, 0.6) is 0 Å². The summed E-state index contributed by atoms with van der Waals surface area (Å²) in [7, 11) is 0. The molecule has 1 aliphatic carbocycles. The lowest BCUT2D eigenvalue weighted by molar-refractivity contribution is -0.141. The van der Waals surface area contributed by atoms with Gasteiger partial charge in [-0.05, 0) is 18.8 Å². The Labute approximate surface area is 157 Å². The first-order chi connectivity index (χ1) is 12.9. The molecule has 2 fully saturated rings. The van der Waals surface area contributed by atoms with Crippen LogP contribution in [0.2, 0.25) is 0 Å². The Morgan fingerprint density at radius 3 is 2.78 bits per heavy atom. The van der Waals surface area contributed by atoms with Crippen LogP contribution in [-0.4, -0.2) is 57.0 Å². The van der Waals surface area contributed by atoms with Crippen molar-refractivity contribution >= 4 is 23.5 Å². The van der Waals surface area contributed by atoms with Crippen molar-refractivity contribution in [1.82, 2.24) is 20.2 Å². The summed E-state index contributed by atoms with van der Waals surface area (Å²) in [4.78, 5) is 57.5. The van der Waals surface area contributed by atoms with E-state index in [9.17, 15) is 19.2 Å². The van der Waals surface area contributed by atoms with Crippen LogP contribution in [0.4, 0.5) is 0 Å². The average molecular weight is 375 g/mol. The van der Waals surface area contributed by atoms with Crippen LogP contribution in [0.3, 0.4) is 0 Å². The summed E-state index contributed by atoms with van der Waals surface area (Å²) in [5.74, 6) is -1.62. The van der Waals surface area contributed by atoms with Gasteiger partial charge in [-0.1, -0.05) is 6.92 Å². The van der Waals surface area contributed by atoms with Gasteiger partial charge in [-0.15, -0.1) is 0 Å².